The Kier molecular flexibility index (Phi) is 5.15. The van der Waals surface area contributed by atoms with E-state index in [4.69, 9.17) is 15.0 Å². The first kappa shape index (κ1) is 17.0. The molecule has 0 saturated heterocycles. The number of primary amides is 1. The number of hydrogen-bond acceptors (Lipinski definition) is 6. The Morgan fingerprint density at radius 3 is 2.42 bits per heavy atom. The Morgan fingerprint density at radius 2 is 1.88 bits per heavy atom. The lowest BCUT2D eigenvalue weighted by Crippen LogP contribution is -2.30. The van der Waals surface area contributed by atoms with Crippen molar-refractivity contribution in [1.29, 1.82) is 0 Å². The number of nitrogens with zero attached hydrogens (tertiary/aromatic N) is 1. The molecule has 9 heteroatoms. The van der Waals surface area contributed by atoms with E-state index in [9.17, 15) is 14.4 Å². The van der Waals surface area contributed by atoms with Crippen LogP contribution in [0.25, 0.3) is 0 Å². The van der Waals surface area contributed by atoms with Crippen molar-refractivity contribution in [3.63, 3.8) is 0 Å². The zero-order valence-electron chi connectivity index (χ0n) is 13.0. The molecule has 0 radical (unpaired) electrons. The van der Waals surface area contributed by atoms with Crippen molar-refractivity contribution in [1.82, 2.24) is 5.16 Å². The molecule has 2 rings (SSSR count). The molecule has 0 aliphatic rings. The normalized spacial score (nSPS) is 11.4. The van der Waals surface area contributed by atoms with Gasteiger partial charge < -0.3 is 25.6 Å². The van der Waals surface area contributed by atoms with Gasteiger partial charge in [0, 0.05) is 11.8 Å². The lowest BCUT2D eigenvalue weighted by Gasteiger charge is -2.12. The van der Waals surface area contributed by atoms with E-state index in [2.05, 4.69) is 15.8 Å². The minimum Gasteiger partial charge on any atom is -0.449 e. The van der Waals surface area contributed by atoms with Gasteiger partial charge in [-0.25, -0.2) is 9.59 Å². The number of anilines is 2. The van der Waals surface area contributed by atoms with Gasteiger partial charge in [0.25, 0.3) is 5.91 Å². The zero-order chi connectivity index (χ0) is 17.7. The molecule has 0 aliphatic heterocycles. The number of amides is 3. The Labute approximate surface area is 137 Å². The third kappa shape index (κ3) is 4.57. The smallest absolute Gasteiger partial charge is 0.338 e. The fourth-order valence-electron chi connectivity index (χ4n) is 1.77. The molecule has 2 aromatic rings. The summed E-state index contributed by atoms with van der Waals surface area (Å²) in [5, 5.41) is 8.45. The second-order valence-electron chi connectivity index (χ2n) is 4.93. The minimum atomic E-state index is -1.03. The van der Waals surface area contributed by atoms with E-state index in [1.807, 2.05) is 0 Å². The summed E-state index contributed by atoms with van der Waals surface area (Å²) < 4.78 is 9.90. The number of nitrogens with one attached hydrogen (secondary N) is 2. The van der Waals surface area contributed by atoms with Gasteiger partial charge in [-0.2, -0.15) is 0 Å². The number of esters is 1. The van der Waals surface area contributed by atoms with Gasteiger partial charge in [0.05, 0.1) is 5.56 Å². The molecule has 1 atom stereocenters. The maximum atomic E-state index is 12.0. The van der Waals surface area contributed by atoms with Gasteiger partial charge in [-0.05, 0) is 38.1 Å². The van der Waals surface area contributed by atoms with E-state index >= 15 is 0 Å². The Morgan fingerprint density at radius 1 is 1.21 bits per heavy atom. The maximum absolute atomic E-state index is 12.0. The number of nitrogens with two attached hydrogens (primary N) is 1. The number of carbonyl (C=O) groups is 3. The Bertz CT molecular complexity index is 753. The van der Waals surface area contributed by atoms with Crippen molar-refractivity contribution in [3.8, 4) is 0 Å². The van der Waals surface area contributed by atoms with Gasteiger partial charge in [-0.1, -0.05) is 5.16 Å². The number of carbonyl (C=O) groups excluding carboxylic acids is 3. The topological polar surface area (TPSA) is 137 Å². The summed E-state index contributed by atoms with van der Waals surface area (Å²) in [5.74, 6) is -0.440. The van der Waals surface area contributed by atoms with Crippen LogP contribution in [0.3, 0.4) is 0 Å². The molecule has 0 bridgehead atoms. The molecule has 0 spiro atoms. The first-order chi connectivity index (χ1) is 11.3. The van der Waals surface area contributed by atoms with Gasteiger partial charge in [0.2, 0.25) is 0 Å². The van der Waals surface area contributed by atoms with Gasteiger partial charge in [0.15, 0.2) is 11.9 Å². The van der Waals surface area contributed by atoms with Crippen molar-refractivity contribution < 1.29 is 23.6 Å². The molecule has 1 heterocycles. The largest absolute Gasteiger partial charge is 0.449 e. The van der Waals surface area contributed by atoms with Crippen LogP contribution in [-0.4, -0.2) is 29.2 Å². The third-order valence-corrected chi connectivity index (χ3v) is 2.92. The molecule has 9 nitrogen and oxygen atoms in total. The molecular formula is C15H16N4O5. The summed E-state index contributed by atoms with van der Waals surface area (Å²) in [4.78, 5) is 34.7. The van der Waals surface area contributed by atoms with Gasteiger partial charge in [-0.3, -0.25) is 4.79 Å². The SMILES string of the molecule is Cc1cc(NC(=O)C(C)OC(=O)c2ccc(NC(N)=O)cc2)no1. The first-order valence-corrected chi connectivity index (χ1v) is 6.97. The lowest BCUT2D eigenvalue weighted by atomic mass is 10.2. The summed E-state index contributed by atoms with van der Waals surface area (Å²) >= 11 is 0. The van der Waals surface area contributed by atoms with E-state index in [1.54, 1.807) is 6.92 Å². The quantitative estimate of drug-likeness (QED) is 0.712. The van der Waals surface area contributed by atoms with E-state index in [0.29, 0.717) is 11.4 Å². The maximum Gasteiger partial charge on any atom is 0.338 e. The van der Waals surface area contributed by atoms with Crippen molar-refractivity contribution in [3.05, 3.63) is 41.7 Å². The zero-order valence-corrected chi connectivity index (χ0v) is 13.0. The Hall–Kier alpha value is -3.36. The molecule has 0 aliphatic carbocycles. The van der Waals surface area contributed by atoms with Gasteiger partial charge in [0.1, 0.15) is 5.76 Å². The van der Waals surface area contributed by atoms with E-state index < -0.39 is 24.0 Å². The van der Waals surface area contributed by atoms with Crippen LogP contribution in [0.1, 0.15) is 23.0 Å². The van der Waals surface area contributed by atoms with Gasteiger partial charge >= 0.3 is 12.0 Å². The van der Waals surface area contributed by atoms with Crippen molar-refractivity contribution in [2.24, 2.45) is 5.73 Å². The van der Waals surface area contributed by atoms with Crippen LogP contribution in [0.15, 0.2) is 34.9 Å². The predicted octanol–water partition coefficient (Wildman–Crippen LogP) is 1.66. The lowest BCUT2D eigenvalue weighted by molar-refractivity contribution is -0.123. The van der Waals surface area contributed by atoms with Crippen molar-refractivity contribution in [2.75, 3.05) is 10.6 Å². The minimum absolute atomic E-state index is 0.224. The van der Waals surface area contributed by atoms with Crippen LogP contribution >= 0.6 is 0 Å². The molecule has 1 aromatic heterocycles. The second-order valence-corrected chi connectivity index (χ2v) is 4.93. The Balaban J connectivity index is 1.92. The molecule has 4 N–H and O–H groups in total. The van der Waals surface area contributed by atoms with Gasteiger partial charge in [-0.15, -0.1) is 0 Å². The highest BCUT2D eigenvalue weighted by Gasteiger charge is 2.20. The van der Waals surface area contributed by atoms with E-state index in [-0.39, 0.29) is 11.4 Å². The molecule has 0 fully saturated rings. The summed E-state index contributed by atoms with van der Waals surface area (Å²) in [5.41, 5.74) is 5.65. The molecule has 1 aromatic carbocycles. The van der Waals surface area contributed by atoms with Crippen LogP contribution in [0.4, 0.5) is 16.3 Å². The highest BCUT2D eigenvalue weighted by atomic mass is 16.5. The van der Waals surface area contributed by atoms with Crippen molar-refractivity contribution >= 4 is 29.4 Å². The molecule has 24 heavy (non-hydrogen) atoms. The van der Waals surface area contributed by atoms with Crippen LogP contribution in [0.2, 0.25) is 0 Å². The number of aromatic nitrogens is 1. The highest BCUT2D eigenvalue weighted by Crippen LogP contribution is 2.12. The van der Waals surface area contributed by atoms with Crippen LogP contribution in [-0.2, 0) is 9.53 Å². The fourth-order valence-corrected chi connectivity index (χ4v) is 1.77. The monoisotopic (exact) mass is 332 g/mol. The number of benzene rings is 1. The average Bonchev–Trinajstić information content (AvgIpc) is 2.92. The molecule has 0 saturated carbocycles. The molecule has 126 valence electrons. The van der Waals surface area contributed by atoms with E-state index in [0.717, 1.165) is 0 Å². The standard InChI is InChI=1S/C15H16N4O5/c1-8-7-12(19-24-8)18-13(20)9(2)23-14(21)10-3-5-11(6-4-10)17-15(16)22/h3-7,9H,1-2H3,(H3,16,17,22)(H,18,19,20). The van der Waals surface area contributed by atoms with Crippen molar-refractivity contribution in [2.45, 2.75) is 20.0 Å². The molecular weight excluding hydrogens is 316 g/mol. The second kappa shape index (κ2) is 7.27. The summed E-state index contributed by atoms with van der Waals surface area (Å²) in [6.45, 7) is 3.12. The molecule has 1 unspecified atom stereocenters. The molecule has 3 amide bonds. The van der Waals surface area contributed by atoms with Crippen LogP contribution in [0.5, 0.6) is 0 Å². The third-order valence-electron chi connectivity index (χ3n) is 2.92. The number of rotatable bonds is 5. The van der Waals surface area contributed by atoms with E-state index in [1.165, 1.54) is 37.3 Å². The number of aryl methyl sites for hydroxylation is 1. The van der Waals surface area contributed by atoms with Crippen LogP contribution in [0, 0.1) is 6.92 Å². The average molecular weight is 332 g/mol. The summed E-state index contributed by atoms with van der Waals surface area (Å²) in [7, 11) is 0. The number of hydrogen-bond donors (Lipinski definition) is 3. The predicted molar refractivity (Wildman–Crippen MR) is 84.4 cm³/mol. The fraction of sp³-hybridized carbons (Fsp3) is 0.200. The first-order valence-electron chi connectivity index (χ1n) is 6.97. The summed E-state index contributed by atoms with van der Waals surface area (Å²) in [6.07, 6.45) is -1.03. The summed E-state index contributed by atoms with van der Waals surface area (Å²) in [6, 6.07) is 6.70. The number of ether oxygens (including phenoxy) is 1. The van der Waals surface area contributed by atoms with Crippen LogP contribution < -0.4 is 16.4 Å². The number of urea groups is 1. The highest BCUT2D eigenvalue weighted by molar-refractivity contribution is 5.97.